The molecule has 1 N–H and O–H groups in total. The summed E-state index contributed by atoms with van der Waals surface area (Å²) in [6.07, 6.45) is 3.47. The van der Waals surface area contributed by atoms with Gasteiger partial charge in [0.25, 0.3) is 5.56 Å². The second-order valence-corrected chi connectivity index (χ2v) is 5.24. The zero-order valence-electron chi connectivity index (χ0n) is 12.5. The number of ether oxygens (including phenoxy) is 1. The Morgan fingerprint density at radius 3 is 3.10 bits per heavy atom. The van der Waals surface area contributed by atoms with Crippen LogP contribution < -0.4 is 15.8 Å². The minimum Gasteiger partial charge on any atom is -0.383 e. The lowest BCUT2D eigenvalue weighted by atomic mass is 9.97. The molecule has 0 spiro atoms. The number of anilines is 1. The second kappa shape index (κ2) is 7.21. The highest BCUT2D eigenvalue weighted by atomic mass is 16.5. The van der Waals surface area contributed by atoms with Crippen LogP contribution in [0.3, 0.4) is 0 Å². The number of hydrogen-bond acceptors (Lipinski definition) is 5. The van der Waals surface area contributed by atoms with Gasteiger partial charge < -0.3 is 15.0 Å². The standard InChI is InChI=1S/C14H22N4O3/c1-17-13(19)8-12(9-16-17)18-6-3-4-11(10-18)14(20)15-5-7-21-2/h8-9,11H,3-7,10H2,1-2H3,(H,15,20)/t11-/m0/s1. The fourth-order valence-electron chi connectivity index (χ4n) is 2.48. The van der Waals surface area contributed by atoms with Crippen LogP contribution in [0.15, 0.2) is 17.1 Å². The van der Waals surface area contributed by atoms with Crippen LogP contribution in [0, 0.1) is 5.92 Å². The molecule has 7 heteroatoms. The quantitative estimate of drug-likeness (QED) is 0.759. The first-order valence-corrected chi connectivity index (χ1v) is 7.17. The van der Waals surface area contributed by atoms with Crippen LogP contribution in [0.25, 0.3) is 0 Å². The van der Waals surface area contributed by atoms with Gasteiger partial charge in [-0.15, -0.1) is 0 Å². The van der Waals surface area contributed by atoms with Crippen molar-refractivity contribution in [1.29, 1.82) is 0 Å². The van der Waals surface area contributed by atoms with E-state index in [4.69, 9.17) is 4.74 Å². The van der Waals surface area contributed by atoms with Crippen LogP contribution in [0.4, 0.5) is 5.69 Å². The van der Waals surface area contributed by atoms with Crippen LogP contribution in [0.1, 0.15) is 12.8 Å². The van der Waals surface area contributed by atoms with Gasteiger partial charge in [0.2, 0.25) is 5.91 Å². The van der Waals surface area contributed by atoms with Crippen LogP contribution in [-0.2, 0) is 16.6 Å². The summed E-state index contributed by atoms with van der Waals surface area (Å²) in [5, 5.41) is 6.90. The van der Waals surface area contributed by atoms with E-state index < -0.39 is 0 Å². The first-order valence-electron chi connectivity index (χ1n) is 7.17. The Labute approximate surface area is 123 Å². The van der Waals surface area contributed by atoms with Gasteiger partial charge in [0.1, 0.15) is 0 Å². The van der Waals surface area contributed by atoms with Crippen molar-refractivity contribution >= 4 is 11.6 Å². The molecule has 21 heavy (non-hydrogen) atoms. The molecule has 116 valence electrons. The molecule has 0 radical (unpaired) electrons. The zero-order valence-corrected chi connectivity index (χ0v) is 12.5. The van der Waals surface area contributed by atoms with Crippen molar-refractivity contribution in [3.8, 4) is 0 Å². The van der Waals surface area contributed by atoms with E-state index in [0.29, 0.717) is 19.7 Å². The largest absolute Gasteiger partial charge is 0.383 e. The van der Waals surface area contributed by atoms with Crippen LogP contribution in [0.2, 0.25) is 0 Å². The number of carbonyl (C=O) groups excluding carboxylic acids is 1. The number of aromatic nitrogens is 2. The first kappa shape index (κ1) is 15.5. The Balaban J connectivity index is 1.98. The summed E-state index contributed by atoms with van der Waals surface area (Å²) in [7, 11) is 3.23. The van der Waals surface area contributed by atoms with E-state index in [1.54, 1.807) is 26.4 Å². The molecule has 1 atom stereocenters. The van der Waals surface area contributed by atoms with E-state index in [2.05, 4.69) is 15.3 Å². The highest BCUT2D eigenvalue weighted by Gasteiger charge is 2.26. The Bertz CT molecular complexity index is 543. The summed E-state index contributed by atoms with van der Waals surface area (Å²) in [6.45, 7) is 2.50. The van der Waals surface area contributed by atoms with Gasteiger partial charge in [0.05, 0.1) is 24.4 Å². The number of carbonyl (C=O) groups is 1. The smallest absolute Gasteiger partial charge is 0.268 e. The van der Waals surface area contributed by atoms with Crippen LogP contribution in [0.5, 0.6) is 0 Å². The van der Waals surface area contributed by atoms with Crippen LogP contribution >= 0.6 is 0 Å². The number of methoxy groups -OCH3 is 1. The zero-order chi connectivity index (χ0) is 15.2. The number of aryl methyl sites for hydroxylation is 1. The van der Waals surface area contributed by atoms with Gasteiger partial charge in [-0.05, 0) is 12.8 Å². The lowest BCUT2D eigenvalue weighted by molar-refractivity contribution is -0.125. The van der Waals surface area contributed by atoms with Crippen molar-refractivity contribution < 1.29 is 9.53 Å². The van der Waals surface area contributed by atoms with E-state index in [1.165, 1.54) is 4.68 Å². The highest BCUT2D eigenvalue weighted by molar-refractivity contribution is 5.79. The molecule has 0 aliphatic carbocycles. The Kier molecular flexibility index (Phi) is 5.32. The van der Waals surface area contributed by atoms with Crippen molar-refractivity contribution in [2.45, 2.75) is 12.8 Å². The second-order valence-electron chi connectivity index (χ2n) is 5.24. The molecule has 2 heterocycles. The topological polar surface area (TPSA) is 76.5 Å². The predicted octanol–water partition coefficient (Wildman–Crippen LogP) is -0.241. The van der Waals surface area contributed by atoms with E-state index >= 15 is 0 Å². The molecular formula is C14H22N4O3. The fourth-order valence-corrected chi connectivity index (χ4v) is 2.48. The molecule has 0 bridgehead atoms. The van der Waals surface area contributed by atoms with Crippen molar-refractivity contribution in [2.75, 3.05) is 38.3 Å². The summed E-state index contributed by atoms with van der Waals surface area (Å²) in [6, 6.07) is 1.57. The molecule has 1 saturated heterocycles. The number of nitrogens with zero attached hydrogens (tertiary/aromatic N) is 3. The maximum absolute atomic E-state index is 12.1. The Hall–Kier alpha value is -1.89. The molecule has 7 nitrogen and oxygen atoms in total. The molecule has 1 aromatic heterocycles. The molecule has 1 aromatic rings. The summed E-state index contributed by atoms with van der Waals surface area (Å²) in [5.74, 6) is -0.00629. The van der Waals surface area contributed by atoms with Crippen molar-refractivity contribution in [3.63, 3.8) is 0 Å². The number of hydrogen-bond donors (Lipinski definition) is 1. The first-order chi connectivity index (χ1) is 10.1. The molecule has 2 rings (SSSR count). The predicted molar refractivity (Wildman–Crippen MR) is 79.3 cm³/mol. The summed E-state index contributed by atoms with van der Waals surface area (Å²) >= 11 is 0. The number of nitrogens with one attached hydrogen (secondary N) is 1. The van der Waals surface area contributed by atoms with Crippen molar-refractivity contribution in [1.82, 2.24) is 15.1 Å². The summed E-state index contributed by atoms with van der Waals surface area (Å²) in [4.78, 5) is 25.8. The minimum absolute atomic E-state index is 0.0496. The van der Waals surface area contributed by atoms with Gasteiger partial charge in [-0.1, -0.05) is 0 Å². The van der Waals surface area contributed by atoms with Crippen molar-refractivity contribution in [3.05, 3.63) is 22.6 Å². The molecule has 1 aliphatic heterocycles. The Morgan fingerprint density at radius 1 is 1.57 bits per heavy atom. The van der Waals surface area contributed by atoms with Gasteiger partial charge >= 0.3 is 0 Å². The van der Waals surface area contributed by atoms with Crippen LogP contribution in [-0.4, -0.2) is 49.0 Å². The highest BCUT2D eigenvalue weighted by Crippen LogP contribution is 2.21. The number of amides is 1. The normalized spacial score (nSPS) is 18.6. The maximum Gasteiger partial charge on any atom is 0.268 e. The molecular weight excluding hydrogens is 272 g/mol. The average molecular weight is 294 g/mol. The Morgan fingerprint density at radius 2 is 2.38 bits per heavy atom. The lowest BCUT2D eigenvalue weighted by Crippen LogP contribution is -2.44. The van der Waals surface area contributed by atoms with E-state index in [0.717, 1.165) is 25.1 Å². The minimum atomic E-state index is -0.140. The van der Waals surface area contributed by atoms with Gasteiger partial charge in [-0.3, -0.25) is 9.59 Å². The molecule has 1 aliphatic rings. The number of rotatable bonds is 5. The van der Waals surface area contributed by atoms with Gasteiger partial charge in [0, 0.05) is 39.9 Å². The lowest BCUT2D eigenvalue weighted by Gasteiger charge is -2.33. The third-order valence-corrected chi connectivity index (χ3v) is 3.72. The molecule has 0 aromatic carbocycles. The van der Waals surface area contributed by atoms with Gasteiger partial charge in [0.15, 0.2) is 0 Å². The average Bonchev–Trinajstić information content (AvgIpc) is 2.50. The monoisotopic (exact) mass is 294 g/mol. The summed E-state index contributed by atoms with van der Waals surface area (Å²) in [5.41, 5.74) is 0.645. The van der Waals surface area contributed by atoms with Gasteiger partial charge in [-0.25, -0.2) is 4.68 Å². The fraction of sp³-hybridized carbons (Fsp3) is 0.643. The van der Waals surface area contributed by atoms with Crippen molar-refractivity contribution in [2.24, 2.45) is 13.0 Å². The molecule has 1 amide bonds. The third kappa shape index (κ3) is 4.04. The number of piperidine rings is 1. The third-order valence-electron chi connectivity index (χ3n) is 3.72. The van der Waals surface area contributed by atoms with Gasteiger partial charge in [-0.2, -0.15) is 5.10 Å². The molecule has 1 fully saturated rings. The molecule has 0 unspecified atom stereocenters. The van der Waals surface area contributed by atoms with E-state index in [1.807, 2.05) is 0 Å². The van der Waals surface area contributed by atoms with E-state index in [9.17, 15) is 9.59 Å². The SMILES string of the molecule is COCCNC(=O)[C@H]1CCCN(c2cnn(C)c(=O)c2)C1. The van der Waals surface area contributed by atoms with E-state index in [-0.39, 0.29) is 17.4 Å². The summed E-state index contributed by atoms with van der Waals surface area (Å²) < 4.78 is 6.22. The molecule has 0 saturated carbocycles. The maximum atomic E-state index is 12.1.